The summed E-state index contributed by atoms with van der Waals surface area (Å²) in [6.45, 7) is 3.54. The average molecular weight is 320 g/mol. The van der Waals surface area contributed by atoms with Gasteiger partial charge in [-0.1, -0.05) is 0 Å². The third-order valence-electron chi connectivity index (χ3n) is 3.91. The molecule has 1 saturated heterocycles. The molecule has 1 aromatic carbocycles. The molecule has 1 aromatic rings. The lowest BCUT2D eigenvalue weighted by molar-refractivity contribution is -0.113. The number of aliphatic imine (C=N–C) groups is 1. The fourth-order valence-corrected chi connectivity index (χ4v) is 3.70. The van der Waals surface area contributed by atoms with E-state index in [-0.39, 0.29) is 11.7 Å². The number of hydrogen-bond donors (Lipinski definition) is 1. The molecule has 0 aliphatic carbocycles. The molecule has 2 aliphatic heterocycles. The summed E-state index contributed by atoms with van der Waals surface area (Å²) in [7, 11) is 0. The highest BCUT2D eigenvalue weighted by molar-refractivity contribution is 8.18. The number of carbonyl (C=O) groups is 1. The highest BCUT2D eigenvalue weighted by Gasteiger charge is 2.29. The predicted octanol–water partition coefficient (Wildman–Crippen LogP) is 3.38. The molecule has 1 fully saturated rings. The van der Waals surface area contributed by atoms with Crippen molar-refractivity contribution in [3.63, 3.8) is 0 Å². The molecule has 0 spiro atoms. The summed E-state index contributed by atoms with van der Waals surface area (Å²) < 4.78 is 13.4. The van der Waals surface area contributed by atoms with Crippen molar-refractivity contribution < 1.29 is 14.3 Å². The van der Waals surface area contributed by atoms with Gasteiger partial charge in [-0.05, 0) is 61.7 Å². The van der Waals surface area contributed by atoms with Gasteiger partial charge in [-0.15, -0.1) is 0 Å². The van der Waals surface area contributed by atoms with Gasteiger partial charge in [0.2, 0.25) is 0 Å². The topological polar surface area (TPSA) is 52.9 Å². The van der Waals surface area contributed by atoms with Crippen LogP contribution >= 0.6 is 11.8 Å². The standard InChI is InChI=1S/C16H17FN2O2S/c1-10(12-9-11(17)5-6-13(12)20)14-15(21)18-16(22-14)19-7-3-2-4-8-19/h5-6,9,20H,2-4,7-8H2,1H3/b14-10-. The normalized spacial score (nSPS) is 21.1. The first kappa shape index (κ1) is 15.1. The first-order valence-electron chi connectivity index (χ1n) is 7.32. The summed E-state index contributed by atoms with van der Waals surface area (Å²) in [5, 5.41) is 10.6. The van der Waals surface area contributed by atoms with Crippen LogP contribution in [0.15, 0.2) is 28.1 Å². The molecule has 0 saturated carbocycles. The molecule has 0 unspecified atom stereocenters. The monoisotopic (exact) mass is 320 g/mol. The van der Waals surface area contributed by atoms with Crippen molar-refractivity contribution in [2.45, 2.75) is 26.2 Å². The van der Waals surface area contributed by atoms with Crippen LogP contribution < -0.4 is 0 Å². The summed E-state index contributed by atoms with van der Waals surface area (Å²) in [4.78, 5) is 18.9. The van der Waals surface area contributed by atoms with Crippen molar-refractivity contribution in [2.75, 3.05) is 13.1 Å². The first-order chi connectivity index (χ1) is 10.6. The maximum atomic E-state index is 13.4. The van der Waals surface area contributed by atoms with Crippen LogP contribution in [0.1, 0.15) is 31.7 Å². The van der Waals surface area contributed by atoms with E-state index in [1.54, 1.807) is 6.92 Å². The number of phenols is 1. The molecular formula is C16H17FN2O2S. The molecule has 4 nitrogen and oxygen atoms in total. The van der Waals surface area contributed by atoms with E-state index >= 15 is 0 Å². The smallest absolute Gasteiger partial charge is 0.286 e. The quantitative estimate of drug-likeness (QED) is 0.806. The number of likely N-dealkylation sites (tertiary alicyclic amines) is 1. The molecule has 6 heteroatoms. The number of nitrogens with zero attached hydrogens (tertiary/aromatic N) is 2. The van der Waals surface area contributed by atoms with Crippen LogP contribution in [0.3, 0.4) is 0 Å². The van der Waals surface area contributed by atoms with Gasteiger partial charge in [0.15, 0.2) is 5.17 Å². The van der Waals surface area contributed by atoms with Crippen molar-refractivity contribution in [2.24, 2.45) is 4.99 Å². The molecule has 0 bridgehead atoms. The fourth-order valence-electron chi connectivity index (χ4n) is 2.68. The number of benzene rings is 1. The number of amidine groups is 1. The molecule has 0 radical (unpaired) electrons. The van der Waals surface area contributed by atoms with Crippen LogP contribution in [0.25, 0.3) is 5.57 Å². The third kappa shape index (κ3) is 2.88. The Morgan fingerprint density at radius 3 is 2.77 bits per heavy atom. The second-order valence-electron chi connectivity index (χ2n) is 5.46. The molecule has 116 valence electrons. The van der Waals surface area contributed by atoms with Crippen LogP contribution in [-0.2, 0) is 4.79 Å². The lowest BCUT2D eigenvalue weighted by Gasteiger charge is -2.27. The van der Waals surface area contributed by atoms with Gasteiger partial charge in [0.1, 0.15) is 11.6 Å². The van der Waals surface area contributed by atoms with Crippen molar-refractivity contribution in [1.29, 1.82) is 0 Å². The van der Waals surface area contributed by atoms with Gasteiger partial charge in [0.05, 0.1) is 4.91 Å². The summed E-state index contributed by atoms with van der Waals surface area (Å²) in [5.74, 6) is -0.793. The summed E-state index contributed by atoms with van der Waals surface area (Å²) >= 11 is 1.32. The van der Waals surface area contributed by atoms with E-state index in [1.165, 1.54) is 36.4 Å². The molecule has 0 atom stereocenters. The second-order valence-corrected chi connectivity index (χ2v) is 6.44. The Morgan fingerprint density at radius 1 is 1.32 bits per heavy atom. The molecule has 2 aliphatic rings. The van der Waals surface area contributed by atoms with Crippen molar-refractivity contribution >= 4 is 28.4 Å². The van der Waals surface area contributed by atoms with Crippen molar-refractivity contribution in [3.8, 4) is 5.75 Å². The van der Waals surface area contributed by atoms with Gasteiger partial charge in [-0.2, -0.15) is 4.99 Å². The Balaban J connectivity index is 1.89. The van der Waals surface area contributed by atoms with E-state index in [4.69, 9.17) is 0 Å². The van der Waals surface area contributed by atoms with Gasteiger partial charge < -0.3 is 10.0 Å². The fraction of sp³-hybridized carbons (Fsp3) is 0.375. The number of carbonyl (C=O) groups excluding carboxylic acids is 1. The summed E-state index contributed by atoms with van der Waals surface area (Å²) in [6, 6.07) is 3.73. The van der Waals surface area contributed by atoms with E-state index in [0.29, 0.717) is 16.0 Å². The Labute approximate surface area is 132 Å². The SMILES string of the molecule is C/C(=C1/SC(N2CCCCC2)=NC1=O)c1cc(F)ccc1O. The van der Waals surface area contributed by atoms with Crippen LogP contribution in [-0.4, -0.2) is 34.2 Å². The number of phenolic OH excluding ortho intramolecular Hbond substituents is 1. The Hall–Kier alpha value is -1.82. The number of halogens is 1. The summed E-state index contributed by atoms with van der Waals surface area (Å²) in [6.07, 6.45) is 3.42. The van der Waals surface area contributed by atoms with E-state index in [2.05, 4.69) is 9.89 Å². The maximum Gasteiger partial charge on any atom is 0.286 e. The Morgan fingerprint density at radius 2 is 2.05 bits per heavy atom. The largest absolute Gasteiger partial charge is 0.507 e. The van der Waals surface area contributed by atoms with Gasteiger partial charge in [-0.3, -0.25) is 4.79 Å². The number of aromatic hydroxyl groups is 1. The van der Waals surface area contributed by atoms with E-state index < -0.39 is 5.82 Å². The zero-order valence-corrected chi connectivity index (χ0v) is 13.1. The molecule has 0 aromatic heterocycles. The second kappa shape index (κ2) is 6.12. The third-order valence-corrected chi connectivity index (χ3v) is 5.13. The average Bonchev–Trinajstić information content (AvgIpc) is 2.92. The first-order valence-corrected chi connectivity index (χ1v) is 8.13. The Kier molecular flexibility index (Phi) is 4.20. The van der Waals surface area contributed by atoms with Gasteiger partial charge in [-0.25, -0.2) is 4.39 Å². The number of allylic oxidation sites excluding steroid dienone is 1. The number of rotatable bonds is 1. The highest BCUT2D eigenvalue weighted by Crippen LogP contribution is 2.37. The lowest BCUT2D eigenvalue weighted by Crippen LogP contribution is -2.33. The number of amides is 1. The molecule has 2 heterocycles. The number of piperidine rings is 1. The highest BCUT2D eigenvalue weighted by atomic mass is 32.2. The van der Waals surface area contributed by atoms with Gasteiger partial charge in [0, 0.05) is 18.7 Å². The minimum Gasteiger partial charge on any atom is -0.507 e. The zero-order valence-electron chi connectivity index (χ0n) is 12.3. The van der Waals surface area contributed by atoms with Crippen LogP contribution in [0.5, 0.6) is 5.75 Å². The maximum absolute atomic E-state index is 13.4. The molecule has 3 rings (SSSR count). The molecular weight excluding hydrogens is 303 g/mol. The molecule has 22 heavy (non-hydrogen) atoms. The molecule has 1 amide bonds. The predicted molar refractivity (Wildman–Crippen MR) is 86.1 cm³/mol. The van der Waals surface area contributed by atoms with E-state index in [0.717, 1.165) is 31.1 Å². The number of hydrogen-bond acceptors (Lipinski definition) is 4. The summed E-state index contributed by atoms with van der Waals surface area (Å²) in [5.41, 5.74) is 0.897. The van der Waals surface area contributed by atoms with Gasteiger partial charge in [0.25, 0.3) is 5.91 Å². The van der Waals surface area contributed by atoms with Crippen molar-refractivity contribution in [3.05, 3.63) is 34.5 Å². The van der Waals surface area contributed by atoms with Crippen LogP contribution in [0.4, 0.5) is 4.39 Å². The molecule has 1 N–H and O–H groups in total. The van der Waals surface area contributed by atoms with E-state index in [1.807, 2.05) is 0 Å². The lowest BCUT2D eigenvalue weighted by atomic mass is 10.1. The van der Waals surface area contributed by atoms with Crippen LogP contribution in [0, 0.1) is 5.82 Å². The minimum atomic E-state index is -0.444. The van der Waals surface area contributed by atoms with Gasteiger partial charge >= 0.3 is 0 Å². The number of thioether (sulfide) groups is 1. The van der Waals surface area contributed by atoms with Crippen LogP contribution in [0.2, 0.25) is 0 Å². The van der Waals surface area contributed by atoms with Crippen molar-refractivity contribution in [1.82, 2.24) is 4.90 Å². The zero-order chi connectivity index (χ0) is 15.7. The van der Waals surface area contributed by atoms with E-state index in [9.17, 15) is 14.3 Å². The minimum absolute atomic E-state index is 0.0359. The Bertz CT molecular complexity index is 679.